The molecule has 2 aliphatic rings. The molecular weight excluding hydrogens is 262 g/mol. The van der Waals surface area contributed by atoms with Gasteiger partial charge in [0, 0.05) is 52.4 Å². The zero-order valence-electron chi connectivity index (χ0n) is 13.9. The van der Waals surface area contributed by atoms with Crippen LogP contribution in [0.5, 0.6) is 0 Å². The fourth-order valence-corrected chi connectivity index (χ4v) is 3.18. The number of hydrogen-bond donors (Lipinski definition) is 1. The van der Waals surface area contributed by atoms with Gasteiger partial charge in [-0.15, -0.1) is 0 Å². The molecule has 122 valence electrons. The molecule has 2 fully saturated rings. The summed E-state index contributed by atoms with van der Waals surface area (Å²) >= 11 is 0. The summed E-state index contributed by atoms with van der Waals surface area (Å²) in [5, 5.41) is 0. The van der Waals surface area contributed by atoms with Gasteiger partial charge in [-0.3, -0.25) is 4.99 Å². The van der Waals surface area contributed by atoms with Crippen molar-refractivity contribution in [3.8, 4) is 0 Å². The minimum Gasteiger partial charge on any atom is -0.370 e. The number of piperazine rings is 1. The van der Waals surface area contributed by atoms with Crippen LogP contribution in [-0.4, -0.2) is 80.1 Å². The van der Waals surface area contributed by atoms with Crippen LogP contribution < -0.4 is 5.73 Å². The Balaban J connectivity index is 1.71. The Hall–Kier alpha value is -0.810. The number of guanidine groups is 1. The number of nitrogens with two attached hydrogens (primary N) is 1. The summed E-state index contributed by atoms with van der Waals surface area (Å²) in [5.41, 5.74) is 6.17. The van der Waals surface area contributed by atoms with Crippen LogP contribution in [0, 0.1) is 5.92 Å². The van der Waals surface area contributed by atoms with Crippen molar-refractivity contribution >= 4 is 5.96 Å². The van der Waals surface area contributed by atoms with Gasteiger partial charge in [-0.1, -0.05) is 19.8 Å². The third-order valence-electron chi connectivity index (χ3n) is 4.66. The Labute approximate surface area is 130 Å². The molecule has 1 unspecified atom stereocenters. The van der Waals surface area contributed by atoms with E-state index in [9.17, 15) is 0 Å². The van der Waals surface area contributed by atoms with Crippen molar-refractivity contribution in [2.24, 2.45) is 16.6 Å². The normalized spacial score (nSPS) is 24.9. The zero-order valence-corrected chi connectivity index (χ0v) is 13.9. The van der Waals surface area contributed by atoms with Crippen LogP contribution >= 0.6 is 0 Å². The number of hydrogen-bond acceptors (Lipinski definition) is 3. The van der Waals surface area contributed by atoms with Crippen LogP contribution in [0.2, 0.25) is 0 Å². The molecule has 2 saturated heterocycles. The summed E-state index contributed by atoms with van der Waals surface area (Å²) in [4.78, 5) is 11.9. The Morgan fingerprint density at radius 3 is 2.24 bits per heavy atom. The van der Waals surface area contributed by atoms with Gasteiger partial charge in [0.05, 0.1) is 0 Å². The van der Waals surface area contributed by atoms with Gasteiger partial charge in [0.2, 0.25) is 0 Å². The van der Waals surface area contributed by atoms with Crippen molar-refractivity contribution in [1.29, 1.82) is 0 Å². The highest BCUT2D eigenvalue weighted by molar-refractivity contribution is 5.78. The molecule has 21 heavy (non-hydrogen) atoms. The highest BCUT2D eigenvalue weighted by Gasteiger charge is 2.16. The van der Waals surface area contributed by atoms with Gasteiger partial charge in [-0.2, -0.15) is 0 Å². The van der Waals surface area contributed by atoms with Crippen molar-refractivity contribution in [2.45, 2.75) is 32.6 Å². The minimum atomic E-state index is 0.582. The third kappa shape index (κ3) is 5.83. The maximum absolute atomic E-state index is 6.17. The second-order valence-electron chi connectivity index (χ2n) is 6.81. The van der Waals surface area contributed by atoms with Crippen LogP contribution in [0.1, 0.15) is 32.6 Å². The Morgan fingerprint density at radius 2 is 1.62 bits per heavy atom. The smallest absolute Gasteiger partial charge is 0.191 e. The van der Waals surface area contributed by atoms with E-state index in [2.05, 4.69) is 33.7 Å². The van der Waals surface area contributed by atoms with E-state index in [1.807, 2.05) is 0 Å². The summed E-state index contributed by atoms with van der Waals surface area (Å²) in [6, 6.07) is 0. The van der Waals surface area contributed by atoms with Gasteiger partial charge < -0.3 is 20.4 Å². The lowest BCUT2D eigenvalue weighted by atomic mass is 10.1. The van der Waals surface area contributed by atoms with Crippen molar-refractivity contribution in [2.75, 3.05) is 59.4 Å². The summed E-state index contributed by atoms with van der Waals surface area (Å²) < 4.78 is 0. The summed E-state index contributed by atoms with van der Waals surface area (Å²) in [6.07, 6.45) is 5.19. The topological polar surface area (TPSA) is 48.1 Å². The second kappa shape index (κ2) is 8.59. The SMILES string of the molecule is CC(CN=C(N)N1CCCCCC1)CN1CCN(C)CC1. The maximum Gasteiger partial charge on any atom is 0.191 e. The van der Waals surface area contributed by atoms with Gasteiger partial charge in [-0.05, 0) is 25.8 Å². The molecule has 0 bridgehead atoms. The molecule has 0 aliphatic carbocycles. The number of aliphatic imine (C=N–C) groups is 1. The average molecular weight is 295 g/mol. The minimum absolute atomic E-state index is 0.582. The van der Waals surface area contributed by atoms with Gasteiger partial charge in [0.15, 0.2) is 5.96 Å². The Bertz CT molecular complexity index is 315. The molecule has 2 rings (SSSR count). The molecule has 2 heterocycles. The average Bonchev–Trinajstić information content (AvgIpc) is 2.76. The van der Waals surface area contributed by atoms with Crippen molar-refractivity contribution in [1.82, 2.24) is 14.7 Å². The number of nitrogens with zero attached hydrogens (tertiary/aromatic N) is 4. The van der Waals surface area contributed by atoms with E-state index >= 15 is 0 Å². The monoisotopic (exact) mass is 295 g/mol. The van der Waals surface area contributed by atoms with Gasteiger partial charge in [-0.25, -0.2) is 0 Å². The molecule has 0 aromatic rings. The predicted octanol–water partition coefficient (Wildman–Crippen LogP) is 1.06. The maximum atomic E-state index is 6.17. The lowest BCUT2D eigenvalue weighted by Crippen LogP contribution is -2.46. The summed E-state index contributed by atoms with van der Waals surface area (Å²) in [7, 11) is 2.20. The van der Waals surface area contributed by atoms with Crippen LogP contribution in [0.3, 0.4) is 0 Å². The molecule has 0 radical (unpaired) electrons. The fourth-order valence-electron chi connectivity index (χ4n) is 3.18. The van der Waals surface area contributed by atoms with Crippen LogP contribution in [0.15, 0.2) is 4.99 Å². The Morgan fingerprint density at radius 1 is 1.00 bits per heavy atom. The van der Waals surface area contributed by atoms with E-state index in [1.165, 1.54) is 51.9 Å². The molecule has 0 spiro atoms. The van der Waals surface area contributed by atoms with Crippen molar-refractivity contribution in [3.63, 3.8) is 0 Å². The van der Waals surface area contributed by atoms with E-state index in [0.717, 1.165) is 32.1 Å². The Kier molecular flexibility index (Phi) is 6.77. The highest BCUT2D eigenvalue weighted by atomic mass is 15.3. The molecule has 2 N–H and O–H groups in total. The fraction of sp³-hybridized carbons (Fsp3) is 0.938. The second-order valence-corrected chi connectivity index (χ2v) is 6.81. The molecule has 0 amide bonds. The molecule has 0 aromatic heterocycles. The first kappa shape index (κ1) is 16.6. The van der Waals surface area contributed by atoms with E-state index in [-0.39, 0.29) is 0 Å². The first-order chi connectivity index (χ1) is 10.1. The first-order valence-electron chi connectivity index (χ1n) is 8.61. The lowest BCUT2D eigenvalue weighted by Gasteiger charge is -2.33. The first-order valence-corrected chi connectivity index (χ1v) is 8.61. The molecule has 5 heteroatoms. The number of likely N-dealkylation sites (tertiary alicyclic amines) is 1. The molecular formula is C16H33N5. The lowest BCUT2D eigenvalue weighted by molar-refractivity contribution is 0.140. The molecule has 1 atom stereocenters. The zero-order chi connectivity index (χ0) is 15.1. The van der Waals surface area contributed by atoms with E-state index in [4.69, 9.17) is 5.73 Å². The van der Waals surface area contributed by atoms with E-state index in [0.29, 0.717) is 5.92 Å². The quantitative estimate of drug-likeness (QED) is 0.622. The van der Waals surface area contributed by atoms with Crippen LogP contribution in [0.4, 0.5) is 0 Å². The van der Waals surface area contributed by atoms with E-state index < -0.39 is 0 Å². The van der Waals surface area contributed by atoms with Gasteiger partial charge in [0.25, 0.3) is 0 Å². The summed E-state index contributed by atoms with van der Waals surface area (Å²) in [6.45, 7) is 11.2. The van der Waals surface area contributed by atoms with Crippen molar-refractivity contribution in [3.05, 3.63) is 0 Å². The van der Waals surface area contributed by atoms with Gasteiger partial charge in [0.1, 0.15) is 0 Å². The third-order valence-corrected chi connectivity index (χ3v) is 4.66. The number of likely N-dealkylation sites (N-methyl/N-ethyl adjacent to an activating group) is 1. The molecule has 0 saturated carbocycles. The highest BCUT2D eigenvalue weighted by Crippen LogP contribution is 2.10. The molecule has 2 aliphatic heterocycles. The van der Waals surface area contributed by atoms with Gasteiger partial charge >= 0.3 is 0 Å². The van der Waals surface area contributed by atoms with Crippen LogP contribution in [-0.2, 0) is 0 Å². The standard InChI is InChI=1S/C16H33N5/c1-15(14-20-11-9-19(2)10-12-20)13-18-16(17)21-7-5-3-4-6-8-21/h15H,3-14H2,1-2H3,(H2,17,18). The summed E-state index contributed by atoms with van der Waals surface area (Å²) in [5.74, 6) is 1.35. The van der Waals surface area contributed by atoms with Crippen LogP contribution in [0.25, 0.3) is 0 Å². The molecule has 0 aromatic carbocycles. The molecule has 5 nitrogen and oxygen atoms in total. The predicted molar refractivity (Wildman–Crippen MR) is 89.6 cm³/mol. The van der Waals surface area contributed by atoms with Crippen molar-refractivity contribution < 1.29 is 0 Å². The largest absolute Gasteiger partial charge is 0.370 e. The number of rotatable bonds is 4. The van der Waals surface area contributed by atoms with E-state index in [1.54, 1.807) is 0 Å².